The molecular weight excluding hydrogens is 238 g/mol. The van der Waals surface area contributed by atoms with Gasteiger partial charge in [0.25, 0.3) is 0 Å². The highest BCUT2D eigenvalue weighted by Gasteiger charge is 2.20. The molecule has 1 aromatic carbocycles. The zero-order chi connectivity index (χ0) is 13.7. The number of nitrogens with one attached hydrogen (secondary N) is 1. The van der Waals surface area contributed by atoms with E-state index in [-0.39, 0.29) is 6.04 Å². The summed E-state index contributed by atoms with van der Waals surface area (Å²) in [5, 5.41) is 3.35. The molecule has 2 aromatic rings. The standard InChI is InChI=1S/C16H21NO2/c1-4-14-13(10-11-19-14)16(17-3)12-8-6-7-9-15(12)18-5-2/h6-11,16-17H,4-5H2,1-3H3. The van der Waals surface area contributed by atoms with E-state index < -0.39 is 0 Å². The number of benzene rings is 1. The molecule has 0 aliphatic rings. The molecule has 0 aliphatic carbocycles. The van der Waals surface area contributed by atoms with Gasteiger partial charge in [0.1, 0.15) is 11.5 Å². The largest absolute Gasteiger partial charge is 0.494 e. The van der Waals surface area contributed by atoms with Crippen molar-refractivity contribution in [3.05, 3.63) is 53.5 Å². The Balaban J connectivity index is 2.42. The van der Waals surface area contributed by atoms with Gasteiger partial charge in [0.15, 0.2) is 0 Å². The first-order chi connectivity index (χ1) is 9.31. The van der Waals surface area contributed by atoms with Crippen molar-refractivity contribution >= 4 is 0 Å². The minimum atomic E-state index is 0.0939. The fourth-order valence-corrected chi connectivity index (χ4v) is 2.38. The fourth-order valence-electron chi connectivity index (χ4n) is 2.38. The summed E-state index contributed by atoms with van der Waals surface area (Å²) in [4.78, 5) is 0. The SMILES string of the molecule is CCOc1ccccc1C(NC)c1ccoc1CC. The van der Waals surface area contributed by atoms with E-state index in [9.17, 15) is 0 Å². The fraction of sp³-hybridized carbons (Fsp3) is 0.375. The van der Waals surface area contributed by atoms with Gasteiger partial charge in [-0.25, -0.2) is 0 Å². The summed E-state index contributed by atoms with van der Waals surface area (Å²) in [6, 6.07) is 10.3. The second kappa shape index (κ2) is 6.43. The summed E-state index contributed by atoms with van der Waals surface area (Å²) in [5.74, 6) is 1.94. The van der Waals surface area contributed by atoms with Crippen molar-refractivity contribution in [2.75, 3.05) is 13.7 Å². The van der Waals surface area contributed by atoms with E-state index in [2.05, 4.69) is 18.3 Å². The molecule has 0 spiro atoms. The lowest BCUT2D eigenvalue weighted by Crippen LogP contribution is -2.19. The zero-order valence-electron chi connectivity index (χ0n) is 11.8. The van der Waals surface area contributed by atoms with Gasteiger partial charge in [0, 0.05) is 17.5 Å². The first kappa shape index (κ1) is 13.7. The summed E-state index contributed by atoms with van der Waals surface area (Å²) in [5.41, 5.74) is 2.32. The first-order valence-corrected chi connectivity index (χ1v) is 6.77. The molecule has 102 valence electrons. The van der Waals surface area contributed by atoms with E-state index in [1.165, 1.54) is 5.56 Å². The smallest absolute Gasteiger partial charge is 0.124 e. The molecule has 0 bridgehead atoms. The van der Waals surface area contributed by atoms with Gasteiger partial charge in [0.2, 0.25) is 0 Å². The van der Waals surface area contributed by atoms with E-state index in [4.69, 9.17) is 9.15 Å². The summed E-state index contributed by atoms with van der Waals surface area (Å²) >= 11 is 0. The quantitative estimate of drug-likeness (QED) is 0.861. The van der Waals surface area contributed by atoms with Crippen LogP contribution in [0.2, 0.25) is 0 Å². The van der Waals surface area contributed by atoms with Crippen LogP contribution in [0.3, 0.4) is 0 Å². The highest BCUT2D eigenvalue weighted by Crippen LogP contribution is 2.32. The van der Waals surface area contributed by atoms with Crippen LogP contribution < -0.4 is 10.1 Å². The van der Waals surface area contributed by atoms with Gasteiger partial charge >= 0.3 is 0 Å². The lowest BCUT2D eigenvalue weighted by atomic mass is 9.97. The number of para-hydroxylation sites is 1. The van der Waals surface area contributed by atoms with E-state index in [0.717, 1.165) is 23.5 Å². The van der Waals surface area contributed by atoms with Crippen LogP contribution in [0.4, 0.5) is 0 Å². The van der Waals surface area contributed by atoms with Gasteiger partial charge in [-0.05, 0) is 26.1 Å². The number of ether oxygens (including phenoxy) is 1. The minimum absolute atomic E-state index is 0.0939. The predicted molar refractivity (Wildman–Crippen MR) is 76.6 cm³/mol. The Bertz CT molecular complexity index is 519. The molecule has 3 heteroatoms. The van der Waals surface area contributed by atoms with Crippen LogP contribution in [0, 0.1) is 0 Å². The topological polar surface area (TPSA) is 34.4 Å². The van der Waals surface area contributed by atoms with Crippen molar-refractivity contribution in [3.63, 3.8) is 0 Å². The number of furan rings is 1. The third-order valence-electron chi connectivity index (χ3n) is 3.23. The Labute approximate surface area is 114 Å². The highest BCUT2D eigenvalue weighted by molar-refractivity contribution is 5.42. The van der Waals surface area contributed by atoms with Crippen molar-refractivity contribution in [2.24, 2.45) is 0 Å². The van der Waals surface area contributed by atoms with Crippen LogP contribution >= 0.6 is 0 Å². The minimum Gasteiger partial charge on any atom is -0.494 e. The normalized spacial score (nSPS) is 12.4. The molecule has 0 aliphatic heterocycles. The molecule has 1 heterocycles. The molecule has 3 nitrogen and oxygen atoms in total. The average molecular weight is 259 g/mol. The lowest BCUT2D eigenvalue weighted by molar-refractivity contribution is 0.334. The van der Waals surface area contributed by atoms with Crippen molar-refractivity contribution < 1.29 is 9.15 Å². The zero-order valence-corrected chi connectivity index (χ0v) is 11.8. The lowest BCUT2D eigenvalue weighted by Gasteiger charge is -2.20. The number of rotatable bonds is 6. The predicted octanol–water partition coefficient (Wildman–Crippen LogP) is 3.55. The van der Waals surface area contributed by atoms with Crippen LogP contribution in [0.1, 0.15) is 36.8 Å². The Morgan fingerprint density at radius 3 is 2.63 bits per heavy atom. The number of aryl methyl sites for hydroxylation is 1. The van der Waals surface area contributed by atoms with Crippen LogP contribution in [0.15, 0.2) is 41.0 Å². The van der Waals surface area contributed by atoms with Crippen LogP contribution in [0.5, 0.6) is 5.75 Å². The average Bonchev–Trinajstić information content (AvgIpc) is 2.90. The summed E-state index contributed by atoms with van der Waals surface area (Å²) in [6.07, 6.45) is 2.64. The molecule has 19 heavy (non-hydrogen) atoms. The number of hydrogen-bond donors (Lipinski definition) is 1. The Morgan fingerprint density at radius 1 is 1.16 bits per heavy atom. The molecule has 2 rings (SSSR count). The van der Waals surface area contributed by atoms with Crippen LogP contribution in [-0.2, 0) is 6.42 Å². The summed E-state index contributed by atoms with van der Waals surface area (Å²) in [7, 11) is 1.96. The van der Waals surface area contributed by atoms with Crippen LogP contribution in [-0.4, -0.2) is 13.7 Å². The molecule has 0 saturated carbocycles. The highest BCUT2D eigenvalue weighted by atomic mass is 16.5. The molecule has 1 atom stereocenters. The Morgan fingerprint density at radius 2 is 1.95 bits per heavy atom. The van der Waals surface area contributed by atoms with Crippen molar-refractivity contribution in [1.29, 1.82) is 0 Å². The van der Waals surface area contributed by atoms with Crippen molar-refractivity contribution in [3.8, 4) is 5.75 Å². The summed E-state index contributed by atoms with van der Waals surface area (Å²) < 4.78 is 11.3. The van der Waals surface area contributed by atoms with Crippen molar-refractivity contribution in [1.82, 2.24) is 5.32 Å². The number of hydrogen-bond acceptors (Lipinski definition) is 3. The molecule has 0 radical (unpaired) electrons. The van der Waals surface area contributed by atoms with Gasteiger partial charge in [-0.2, -0.15) is 0 Å². The molecular formula is C16H21NO2. The molecule has 0 saturated heterocycles. The second-order valence-corrected chi connectivity index (χ2v) is 4.35. The van der Waals surface area contributed by atoms with Gasteiger partial charge in [0.05, 0.1) is 18.9 Å². The van der Waals surface area contributed by atoms with E-state index in [0.29, 0.717) is 6.61 Å². The molecule has 1 unspecified atom stereocenters. The first-order valence-electron chi connectivity index (χ1n) is 6.77. The second-order valence-electron chi connectivity index (χ2n) is 4.35. The third kappa shape index (κ3) is 2.82. The van der Waals surface area contributed by atoms with E-state index in [1.54, 1.807) is 6.26 Å². The molecule has 0 fully saturated rings. The summed E-state index contributed by atoms with van der Waals surface area (Å²) in [6.45, 7) is 4.77. The Hall–Kier alpha value is -1.74. The molecule has 0 amide bonds. The third-order valence-corrected chi connectivity index (χ3v) is 3.23. The maximum absolute atomic E-state index is 5.72. The van der Waals surface area contributed by atoms with Gasteiger partial charge < -0.3 is 14.5 Å². The van der Waals surface area contributed by atoms with Crippen LogP contribution in [0.25, 0.3) is 0 Å². The Kier molecular flexibility index (Phi) is 4.63. The van der Waals surface area contributed by atoms with Crippen molar-refractivity contribution in [2.45, 2.75) is 26.3 Å². The molecule has 1 N–H and O–H groups in total. The molecule has 1 aromatic heterocycles. The monoisotopic (exact) mass is 259 g/mol. The van der Waals surface area contributed by atoms with Gasteiger partial charge in [-0.1, -0.05) is 25.1 Å². The van der Waals surface area contributed by atoms with Gasteiger partial charge in [-0.15, -0.1) is 0 Å². The maximum Gasteiger partial charge on any atom is 0.124 e. The van der Waals surface area contributed by atoms with Gasteiger partial charge in [-0.3, -0.25) is 0 Å². The van der Waals surface area contributed by atoms with E-state index >= 15 is 0 Å². The van der Waals surface area contributed by atoms with E-state index in [1.807, 2.05) is 38.2 Å². The maximum atomic E-state index is 5.72.